The number of esters is 1. The van der Waals surface area contributed by atoms with E-state index in [9.17, 15) is 14.8 Å². The molecule has 0 radical (unpaired) electrons. The van der Waals surface area contributed by atoms with Gasteiger partial charge in [-0.2, -0.15) is 4.89 Å². The van der Waals surface area contributed by atoms with E-state index in [4.69, 9.17) is 9.62 Å². The first-order valence-corrected chi connectivity index (χ1v) is 6.91. The third-order valence-electron chi connectivity index (χ3n) is 3.80. The molecule has 0 unspecified atom stereocenters. The van der Waals surface area contributed by atoms with Crippen LogP contribution in [0.1, 0.15) is 27.0 Å². The van der Waals surface area contributed by atoms with Crippen molar-refractivity contribution >= 4 is 11.8 Å². The fourth-order valence-electron chi connectivity index (χ4n) is 2.73. The molecule has 6 nitrogen and oxygen atoms in total. The number of hydrogen-bond acceptors (Lipinski definition) is 6. The number of benzene rings is 2. The molecule has 0 aliphatic heterocycles. The normalized spacial score (nSPS) is 14.8. The molecule has 0 saturated carbocycles. The van der Waals surface area contributed by atoms with Gasteiger partial charge in [-0.1, -0.05) is 48.5 Å². The molecule has 0 saturated heterocycles. The second kappa shape index (κ2) is 5.92. The summed E-state index contributed by atoms with van der Waals surface area (Å²) in [7, 11) is 1.23. The van der Waals surface area contributed by atoms with Crippen LogP contribution in [0.15, 0.2) is 48.5 Å². The largest absolute Gasteiger partial charge is 0.467 e. The van der Waals surface area contributed by atoms with Gasteiger partial charge >= 0.3 is 5.97 Å². The van der Waals surface area contributed by atoms with Crippen LogP contribution in [0.25, 0.3) is 0 Å². The molecule has 0 spiro atoms. The zero-order chi connectivity index (χ0) is 16.4. The minimum atomic E-state index is -1.77. The Hall–Kier alpha value is -2.54. The second-order valence-electron chi connectivity index (χ2n) is 4.99. The topological polar surface area (TPSA) is 82.1 Å². The van der Waals surface area contributed by atoms with Gasteiger partial charge in [0.2, 0.25) is 0 Å². The van der Waals surface area contributed by atoms with Crippen LogP contribution in [-0.2, 0) is 24.9 Å². The third-order valence-corrected chi connectivity index (χ3v) is 3.80. The highest BCUT2D eigenvalue weighted by Gasteiger charge is 2.47. The number of ketones is 1. The number of carbonyl (C=O) groups is 2. The lowest BCUT2D eigenvalue weighted by atomic mass is 9.80. The molecule has 0 heterocycles. The van der Waals surface area contributed by atoms with Crippen molar-refractivity contribution < 1.29 is 29.2 Å². The SMILES string of the molecule is COC(=O)COC1(OO)c2ccccc2C(=O)c2ccccc21. The maximum Gasteiger partial charge on any atom is 0.331 e. The van der Waals surface area contributed by atoms with Crippen molar-refractivity contribution in [2.45, 2.75) is 5.79 Å². The molecule has 1 aliphatic carbocycles. The molecule has 0 aromatic heterocycles. The van der Waals surface area contributed by atoms with E-state index in [2.05, 4.69) is 4.74 Å². The van der Waals surface area contributed by atoms with Crippen molar-refractivity contribution in [3.8, 4) is 0 Å². The van der Waals surface area contributed by atoms with Crippen molar-refractivity contribution in [2.24, 2.45) is 0 Å². The van der Waals surface area contributed by atoms with Crippen LogP contribution >= 0.6 is 0 Å². The Labute approximate surface area is 132 Å². The summed E-state index contributed by atoms with van der Waals surface area (Å²) >= 11 is 0. The Bertz CT molecular complexity index is 718. The highest BCUT2D eigenvalue weighted by molar-refractivity contribution is 6.12. The maximum atomic E-state index is 12.6. The van der Waals surface area contributed by atoms with Crippen LogP contribution in [0.3, 0.4) is 0 Å². The molecule has 0 fully saturated rings. The van der Waals surface area contributed by atoms with E-state index < -0.39 is 18.4 Å². The predicted octanol–water partition coefficient (Wildman–Crippen LogP) is 2.11. The lowest BCUT2D eigenvalue weighted by Crippen LogP contribution is -2.41. The molecular formula is C17H14O6. The van der Waals surface area contributed by atoms with Crippen molar-refractivity contribution in [3.05, 3.63) is 70.8 Å². The summed E-state index contributed by atoms with van der Waals surface area (Å²) in [6.45, 7) is -0.450. The molecule has 118 valence electrons. The van der Waals surface area contributed by atoms with Crippen molar-refractivity contribution in [2.75, 3.05) is 13.7 Å². The summed E-state index contributed by atoms with van der Waals surface area (Å²) in [5.74, 6) is -2.60. The number of carbonyl (C=O) groups excluding carboxylic acids is 2. The van der Waals surface area contributed by atoms with Crippen LogP contribution < -0.4 is 0 Å². The Morgan fingerprint density at radius 1 is 1.04 bits per heavy atom. The molecule has 2 aromatic rings. The maximum absolute atomic E-state index is 12.6. The minimum absolute atomic E-state index is 0.203. The first-order chi connectivity index (χ1) is 11.1. The number of methoxy groups -OCH3 is 1. The van der Waals surface area contributed by atoms with Gasteiger partial charge in [-0.25, -0.2) is 10.1 Å². The summed E-state index contributed by atoms with van der Waals surface area (Å²) < 4.78 is 10.1. The van der Waals surface area contributed by atoms with Crippen molar-refractivity contribution in [3.63, 3.8) is 0 Å². The molecule has 1 aliphatic rings. The molecule has 6 heteroatoms. The van der Waals surface area contributed by atoms with Crippen LogP contribution in [0.5, 0.6) is 0 Å². The van der Waals surface area contributed by atoms with Gasteiger partial charge in [-0.3, -0.25) is 4.79 Å². The van der Waals surface area contributed by atoms with Gasteiger partial charge < -0.3 is 9.47 Å². The summed E-state index contributed by atoms with van der Waals surface area (Å²) in [6.07, 6.45) is 0. The minimum Gasteiger partial charge on any atom is -0.467 e. The fraction of sp³-hybridized carbons (Fsp3) is 0.176. The first-order valence-electron chi connectivity index (χ1n) is 6.91. The molecule has 2 aromatic carbocycles. The Morgan fingerprint density at radius 3 is 2.04 bits per heavy atom. The Balaban J connectivity index is 2.20. The van der Waals surface area contributed by atoms with E-state index in [1.54, 1.807) is 48.5 Å². The summed E-state index contributed by atoms with van der Waals surface area (Å²) in [5, 5.41) is 9.62. The van der Waals surface area contributed by atoms with Crippen LogP contribution in [0, 0.1) is 0 Å². The standard InChI is InChI=1S/C17H14O6/c1-21-15(18)10-22-17(23-20)13-8-4-2-6-11(13)16(19)12-7-3-5-9-14(12)17/h2-9,20H,10H2,1H3. The molecule has 23 heavy (non-hydrogen) atoms. The zero-order valence-electron chi connectivity index (χ0n) is 12.3. The number of hydrogen-bond donors (Lipinski definition) is 1. The number of rotatable bonds is 4. The molecule has 0 atom stereocenters. The predicted molar refractivity (Wildman–Crippen MR) is 78.8 cm³/mol. The monoisotopic (exact) mass is 314 g/mol. The van der Waals surface area contributed by atoms with Crippen molar-refractivity contribution in [1.29, 1.82) is 0 Å². The Morgan fingerprint density at radius 2 is 1.57 bits per heavy atom. The van der Waals surface area contributed by atoms with Gasteiger partial charge in [0.15, 0.2) is 5.78 Å². The summed E-state index contributed by atoms with van der Waals surface area (Å²) in [6, 6.07) is 13.2. The van der Waals surface area contributed by atoms with Crippen LogP contribution in [0.4, 0.5) is 0 Å². The van der Waals surface area contributed by atoms with Gasteiger partial charge in [0, 0.05) is 22.3 Å². The molecular weight excluding hydrogens is 300 g/mol. The van der Waals surface area contributed by atoms with E-state index in [1.807, 2.05) is 0 Å². The zero-order valence-corrected chi connectivity index (χ0v) is 12.3. The smallest absolute Gasteiger partial charge is 0.331 e. The fourth-order valence-corrected chi connectivity index (χ4v) is 2.73. The van der Waals surface area contributed by atoms with E-state index in [1.165, 1.54) is 7.11 Å². The lowest BCUT2D eigenvalue weighted by Gasteiger charge is -2.36. The summed E-state index contributed by atoms with van der Waals surface area (Å²) in [4.78, 5) is 28.8. The van der Waals surface area contributed by atoms with Gasteiger partial charge in [-0.05, 0) is 0 Å². The average Bonchev–Trinajstić information content (AvgIpc) is 2.62. The van der Waals surface area contributed by atoms with E-state index >= 15 is 0 Å². The Kier molecular flexibility index (Phi) is 3.96. The molecule has 1 N–H and O–H groups in total. The van der Waals surface area contributed by atoms with E-state index in [-0.39, 0.29) is 5.78 Å². The third kappa shape index (κ3) is 2.33. The van der Waals surface area contributed by atoms with Crippen LogP contribution in [0.2, 0.25) is 0 Å². The molecule has 0 amide bonds. The van der Waals surface area contributed by atoms with Gasteiger partial charge in [-0.15, -0.1) is 0 Å². The molecule has 0 bridgehead atoms. The van der Waals surface area contributed by atoms with Gasteiger partial charge in [0.25, 0.3) is 5.79 Å². The van der Waals surface area contributed by atoms with Crippen LogP contribution in [-0.4, -0.2) is 30.7 Å². The highest BCUT2D eigenvalue weighted by Crippen LogP contribution is 2.42. The summed E-state index contributed by atoms with van der Waals surface area (Å²) in [5.41, 5.74) is 1.33. The first kappa shape index (κ1) is 15.4. The number of ether oxygens (including phenoxy) is 2. The molecule has 3 rings (SSSR count). The second-order valence-corrected chi connectivity index (χ2v) is 4.99. The lowest BCUT2D eigenvalue weighted by molar-refractivity contribution is -0.394. The highest BCUT2D eigenvalue weighted by atomic mass is 17.1. The van der Waals surface area contributed by atoms with Crippen molar-refractivity contribution in [1.82, 2.24) is 0 Å². The van der Waals surface area contributed by atoms with Gasteiger partial charge in [0.1, 0.15) is 6.61 Å². The quantitative estimate of drug-likeness (QED) is 0.403. The number of fused-ring (bicyclic) bond motifs is 2. The van der Waals surface area contributed by atoms with Gasteiger partial charge in [0.05, 0.1) is 7.11 Å². The van der Waals surface area contributed by atoms with E-state index in [0.717, 1.165) is 0 Å². The average molecular weight is 314 g/mol. The van der Waals surface area contributed by atoms with E-state index in [0.29, 0.717) is 22.3 Å².